The Hall–Kier alpha value is -3.24. The Morgan fingerprint density at radius 3 is 2.73 bits per heavy atom. The van der Waals surface area contributed by atoms with Crippen molar-refractivity contribution in [2.45, 2.75) is 20.0 Å². The van der Waals surface area contributed by atoms with Gasteiger partial charge < -0.3 is 14.8 Å². The van der Waals surface area contributed by atoms with E-state index in [-0.39, 0.29) is 0 Å². The summed E-state index contributed by atoms with van der Waals surface area (Å²) < 4.78 is 6.15. The zero-order valence-corrected chi connectivity index (χ0v) is 17.3. The highest BCUT2D eigenvalue weighted by Crippen LogP contribution is 2.34. The Bertz CT molecular complexity index is 1200. The molecule has 4 aromatic rings. The highest BCUT2D eigenvalue weighted by atomic mass is 35.5. The maximum atomic E-state index is 11.3. The van der Waals surface area contributed by atoms with Crippen LogP contribution in [0.2, 0.25) is 5.02 Å². The van der Waals surface area contributed by atoms with Crippen LogP contribution in [-0.2, 0) is 17.8 Å². The second-order valence-electron chi connectivity index (χ2n) is 7.43. The number of aromatic amines is 1. The van der Waals surface area contributed by atoms with Gasteiger partial charge in [-0.3, -0.25) is 4.79 Å². The Labute approximate surface area is 180 Å². The Morgan fingerprint density at radius 2 is 1.93 bits per heavy atom. The van der Waals surface area contributed by atoms with E-state index >= 15 is 0 Å². The van der Waals surface area contributed by atoms with E-state index in [9.17, 15) is 9.90 Å². The third kappa shape index (κ3) is 4.34. The number of benzene rings is 3. The van der Waals surface area contributed by atoms with E-state index < -0.39 is 11.9 Å². The van der Waals surface area contributed by atoms with Crippen LogP contribution in [0.15, 0.2) is 72.9 Å². The summed E-state index contributed by atoms with van der Waals surface area (Å²) in [6, 6.07) is 21.7. The molecule has 3 aromatic carbocycles. The van der Waals surface area contributed by atoms with Gasteiger partial charge in [0.2, 0.25) is 0 Å². The maximum absolute atomic E-state index is 11.3. The highest BCUT2D eigenvalue weighted by molar-refractivity contribution is 6.31. The van der Waals surface area contributed by atoms with Crippen molar-refractivity contribution >= 4 is 28.5 Å². The molecule has 0 saturated heterocycles. The molecule has 1 heterocycles. The summed E-state index contributed by atoms with van der Waals surface area (Å²) in [4.78, 5) is 14.5. The largest absolute Gasteiger partial charge is 0.488 e. The molecule has 1 aromatic heterocycles. The molecule has 5 heteroatoms. The fraction of sp³-hybridized carbons (Fsp3) is 0.160. The monoisotopic (exact) mass is 419 g/mol. The van der Waals surface area contributed by atoms with Crippen LogP contribution in [0.25, 0.3) is 22.0 Å². The predicted octanol–water partition coefficient (Wildman–Crippen LogP) is 6.33. The van der Waals surface area contributed by atoms with Crippen molar-refractivity contribution < 1.29 is 14.6 Å². The van der Waals surface area contributed by atoms with Crippen LogP contribution in [0, 0.1) is 5.92 Å². The number of aromatic nitrogens is 1. The van der Waals surface area contributed by atoms with Gasteiger partial charge in [0.25, 0.3) is 0 Å². The van der Waals surface area contributed by atoms with Crippen molar-refractivity contribution in [3.05, 3.63) is 89.1 Å². The van der Waals surface area contributed by atoms with Crippen LogP contribution in [0.1, 0.15) is 18.1 Å². The Morgan fingerprint density at radius 1 is 1.10 bits per heavy atom. The Balaban J connectivity index is 1.70. The van der Waals surface area contributed by atoms with E-state index in [1.165, 1.54) is 0 Å². The molecule has 4 nitrogen and oxygen atoms in total. The highest BCUT2D eigenvalue weighted by Gasteiger charge is 2.15. The van der Waals surface area contributed by atoms with Gasteiger partial charge in [-0.2, -0.15) is 0 Å². The molecule has 0 amide bonds. The second-order valence-corrected chi connectivity index (χ2v) is 7.84. The number of halogens is 1. The number of hydrogen-bond donors (Lipinski definition) is 2. The second kappa shape index (κ2) is 8.64. The van der Waals surface area contributed by atoms with Crippen LogP contribution in [0.4, 0.5) is 0 Å². The molecule has 152 valence electrons. The molecule has 1 unspecified atom stereocenters. The first-order valence-electron chi connectivity index (χ1n) is 9.80. The number of H-pyrrole nitrogens is 1. The number of carbonyl (C=O) groups is 1. The van der Waals surface area contributed by atoms with Crippen molar-refractivity contribution in [1.82, 2.24) is 4.98 Å². The first-order valence-corrected chi connectivity index (χ1v) is 10.2. The SMILES string of the molecule is CC(Cc1ccc(OCc2ccccc2Cl)c(-c2ccc3[nH]ccc3c2)c1)C(=O)O. The number of carboxylic acids is 1. The zero-order chi connectivity index (χ0) is 21.1. The van der Waals surface area contributed by atoms with Gasteiger partial charge in [0.15, 0.2) is 0 Å². The molecule has 0 bridgehead atoms. The molecule has 0 aliphatic carbocycles. The van der Waals surface area contributed by atoms with E-state index in [0.717, 1.165) is 38.9 Å². The summed E-state index contributed by atoms with van der Waals surface area (Å²) in [6.45, 7) is 2.07. The van der Waals surface area contributed by atoms with Crippen LogP contribution in [0.5, 0.6) is 5.75 Å². The number of fused-ring (bicyclic) bond motifs is 1. The van der Waals surface area contributed by atoms with E-state index in [0.29, 0.717) is 18.1 Å². The van der Waals surface area contributed by atoms with Crippen LogP contribution in [0.3, 0.4) is 0 Å². The number of carboxylic acid groups (broad SMARTS) is 1. The minimum atomic E-state index is -0.802. The number of aliphatic carboxylic acids is 1. The average Bonchev–Trinajstić information content (AvgIpc) is 3.21. The fourth-order valence-corrected chi connectivity index (χ4v) is 3.68. The van der Waals surface area contributed by atoms with E-state index in [1.807, 2.05) is 66.9 Å². The molecular formula is C25H22ClNO3. The van der Waals surface area contributed by atoms with Crippen molar-refractivity contribution in [2.75, 3.05) is 0 Å². The van der Waals surface area contributed by atoms with Gasteiger partial charge in [-0.15, -0.1) is 0 Å². The summed E-state index contributed by atoms with van der Waals surface area (Å²) in [5.41, 5.74) is 4.88. The average molecular weight is 420 g/mol. The van der Waals surface area contributed by atoms with E-state index in [1.54, 1.807) is 6.92 Å². The standard InChI is InChI=1S/C25H22ClNO3/c1-16(25(28)29)12-17-6-9-24(30-15-20-4-2-3-5-22(20)26)21(13-17)18-7-8-23-19(14-18)10-11-27-23/h2-11,13-14,16,27H,12,15H2,1H3,(H,28,29). The molecule has 4 rings (SSSR count). The number of rotatable bonds is 7. The van der Waals surface area contributed by atoms with Gasteiger partial charge in [0.05, 0.1) is 5.92 Å². The van der Waals surface area contributed by atoms with Crippen LogP contribution in [-0.4, -0.2) is 16.1 Å². The minimum absolute atomic E-state index is 0.351. The number of hydrogen-bond acceptors (Lipinski definition) is 2. The van der Waals surface area contributed by atoms with Crippen molar-refractivity contribution in [3.8, 4) is 16.9 Å². The molecule has 0 saturated carbocycles. The van der Waals surface area contributed by atoms with Gasteiger partial charge in [0.1, 0.15) is 12.4 Å². The van der Waals surface area contributed by atoms with Gasteiger partial charge in [0, 0.05) is 27.9 Å². The third-order valence-corrected chi connectivity index (χ3v) is 5.58. The van der Waals surface area contributed by atoms with Gasteiger partial charge >= 0.3 is 5.97 Å². The third-order valence-electron chi connectivity index (χ3n) is 5.21. The predicted molar refractivity (Wildman–Crippen MR) is 120 cm³/mol. The summed E-state index contributed by atoms with van der Waals surface area (Å²) >= 11 is 6.27. The fourth-order valence-electron chi connectivity index (χ4n) is 3.49. The van der Waals surface area contributed by atoms with Crippen molar-refractivity contribution in [3.63, 3.8) is 0 Å². The number of nitrogens with one attached hydrogen (secondary N) is 1. The normalized spacial score (nSPS) is 12.1. The molecule has 0 aliphatic rings. The molecule has 0 fully saturated rings. The van der Waals surface area contributed by atoms with E-state index in [4.69, 9.17) is 16.3 Å². The molecule has 0 aliphatic heterocycles. The van der Waals surface area contributed by atoms with E-state index in [2.05, 4.69) is 11.1 Å². The first kappa shape index (κ1) is 20.0. The zero-order valence-electron chi connectivity index (χ0n) is 16.6. The van der Waals surface area contributed by atoms with Gasteiger partial charge in [-0.25, -0.2) is 0 Å². The quantitative estimate of drug-likeness (QED) is 0.368. The number of ether oxygens (including phenoxy) is 1. The minimum Gasteiger partial charge on any atom is -0.488 e. The van der Waals surface area contributed by atoms with Crippen molar-refractivity contribution in [1.29, 1.82) is 0 Å². The van der Waals surface area contributed by atoms with Gasteiger partial charge in [-0.05, 0) is 59.3 Å². The summed E-state index contributed by atoms with van der Waals surface area (Å²) in [6.07, 6.45) is 2.37. The van der Waals surface area contributed by atoms with Crippen LogP contribution >= 0.6 is 11.6 Å². The lowest BCUT2D eigenvalue weighted by Crippen LogP contribution is -2.12. The Kier molecular flexibility index (Phi) is 5.77. The maximum Gasteiger partial charge on any atom is 0.306 e. The summed E-state index contributed by atoms with van der Waals surface area (Å²) in [7, 11) is 0. The summed E-state index contributed by atoms with van der Waals surface area (Å²) in [5.74, 6) is -0.527. The molecule has 0 radical (unpaired) electrons. The topological polar surface area (TPSA) is 62.3 Å². The van der Waals surface area contributed by atoms with Crippen LogP contribution < -0.4 is 4.74 Å². The lowest BCUT2D eigenvalue weighted by atomic mass is 9.96. The first-order chi connectivity index (χ1) is 14.5. The lowest BCUT2D eigenvalue weighted by Gasteiger charge is -2.15. The molecular weight excluding hydrogens is 398 g/mol. The summed E-state index contributed by atoms with van der Waals surface area (Å²) in [5, 5.41) is 11.0. The lowest BCUT2D eigenvalue weighted by molar-refractivity contribution is -0.141. The van der Waals surface area contributed by atoms with Crippen molar-refractivity contribution in [2.24, 2.45) is 5.92 Å². The smallest absolute Gasteiger partial charge is 0.306 e. The molecule has 2 N–H and O–H groups in total. The molecule has 30 heavy (non-hydrogen) atoms. The van der Waals surface area contributed by atoms with Gasteiger partial charge in [-0.1, -0.05) is 48.9 Å². The molecule has 1 atom stereocenters. The molecule has 0 spiro atoms.